The number of hydrogen-bond donors (Lipinski definition) is 2. The summed E-state index contributed by atoms with van der Waals surface area (Å²) in [5, 5.41) is 0. The Morgan fingerprint density at radius 1 is 0.369 bits per heavy atom. The van der Waals surface area contributed by atoms with E-state index in [1.54, 1.807) is 92.7 Å². The van der Waals surface area contributed by atoms with Gasteiger partial charge in [0.2, 0.25) is 0 Å². The Labute approximate surface area is 695 Å². The number of nitrogens with zero attached hydrogens (tertiary/aromatic N) is 8. The van der Waals surface area contributed by atoms with Gasteiger partial charge in [-0.25, -0.2) is 47.5 Å². The smallest absolute Gasteiger partial charge is 0.425 e. The second-order valence-corrected chi connectivity index (χ2v) is 30.6. The van der Waals surface area contributed by atoms with Crippen LogP contribution in [0.1, 0.15) is 169 Å². The van der Waals surface area contributed by atoms with Gasteiger partial charge in [0.05, 0.1) is 65.2 Å². The van der Waals surface area contributed by atoms with E-state index in [0.29, 0.717) is 38.1 Å². The van der Waals surface area contributed by atoms with Crippen molar-refractivity contribution >= 4 is 74.2 Å². The molecule has 2 aromatic heterocycles. The molecule has 0 amide bonds. The Kier molecular flexibility index (Phi) is 28.3. The number of alkyl halides is 12. The van der Waals surface area contributed by atoms with Crippen LogP contribution in [0.3, 0.4) is 0 Å². The van der Waals surface area contributed by atoms with E-state index in [9.17, 15) is 89.8 Å². The molecule has 19 nitrogen and oxygen atoms in total. The van der Waals surface area contributed by atoms with E-state index in [0.717, 1.165) is 24.3 Å². The van der Waals surface area contributed by atoms with Gasteiger partial charge in [-0.1, -0.05) is 119 Å². The van der Waals surface area contributed by atoms with Gasteiger partial charge < -0.3 is 30.4 Å². The largest absolute Gasteiger partial charge is 0.468 e. The zero-order valence-electron chi connectivity index (χ0n) is 65.4. The van der Waals surface area contributed by atoms with Crippen LogP contribution in [0.15, 0.2) is 213 Å². The lowest BCUT2D eigenvalue weighted by molar-refractivity contribution is -0.208. The number of nitrogens with two attached hydrogens (primary N) is 2. The van der Waals surface area contributed by atoms with Crippen molar-refractivity contribution < 1.29 is 113 Å². The second kappa shape index (κ2) is 37.5. The number of carbonyl (C=O) groups is 5. The number of aromatic nitrogens is 4. The van der Waals surface area contributed by atoms with Crippen molar-refractivity contribution in [2.24, 2.45) is 25.7 Å². The number of ether oxygens (including phenoxy) is 4. The first-order chi connectivity index (χ1) is 57.1. The first kappa shape index (κ1) is 92.2. The molecule has 0 unspecified atom stereocenters. The maximum Gasteiger partial charge on any atom is 0.425 e. The predicted molar refractivity (Wildman–Crippen MR) is 419 cm³/mol. The molecule has 36 heteroatoms. The predicted octanol–water partition coefficient (Wildman–Crippen LogP) is 19.3. The number of Topliss-reactive ketones (excluding diaryl/α,β-unsaturated/α-hetero) is 5. The van der Waals surface area contributed by atoms with Crippen molar-refractivity contribution in [2.45, 2.75) is 171 Å². The SMILES string of the molecule is C[C@@]1(c2cc(Br)ccc2F)C[C@@H](C(F)(F)F)OC(CC(=O)c2ccccc2)=N1.C[C@@]1(c2cc(N)ccc2F)C[C@@H](C(F)(F)F)OC(CC(=O)c2ccccc2)=N1.Cc1cnc(C(=O)Cc2ccc(F)c([C@]3(C)C[C@@H](C(F)(F)F)OC(CC(=O)c4ccccc4)=N3)c2)cn1.Cc1cnc(C(=O)Cc2ccc(F)c([C@]3(C)C[C@@H](C(F)(F)F)OC(N)=N3)c2)cn1. The molecule has 8 atom stereocenters. The highest BCUT2D eigenvalue weighted by atomic mass is 79.9. The van der Waals surface area contributed by atoms with Crippen LogP contribution >= 0.6 is 15.9 Å². The minimum absolute atomic E-state index is 0.00378. The Balaban J connectivity index is 0.000000172. The number of benzene rings is 7. The average molecular weight is 1780 g/mol. The molecule has 122 heavy (non-hydrogen) atoms. The summed E-state index contributed by atoms with van der Waals surface area (Å²) < 4.78 is 240. The normalized spacial score (nSPS) is 21.4. The number of halogens is 17. The van der Waals surface area contributed by atoms with Crippen LogP contribution in [0.2, 0.25) is 0 Å². The highest BCUT2D eigenvalue weighted by Gasteiger charge is 2.55. The van der Waals surface area contributed by atoms with Crippen LogP contribution in [0.25, 0.3) is 0 Å². The van der Waals surface area contributed by atoms with Gasteiger partial charge in [-0.05, 0) is 113 Å². The number of carbonyl (C=O) groups excluding carboxylic acids is 5. The average Bonchev–Trinajstić information content (AvgIpc) is 0.775. The molecule has 0 radical (unpaired) electrons. The van der Waals surface area contributed by atoms with Crippen molar-refractivity contribution in [3.63, 3.8) is 0 Å². The van der Waals surface area contributed by atoms with E-state index in [1.807, 2.05) is 0 Å². The van der Waals surface area contributed by atoms with Gasteiger partial charge >= 0.3 is 24.7 Å². The Morgan fingerprint density at radius 3 is 0.984 bits per heavy atom. The number of rotatable bonds is 19. The van der Waals surface area contributed by atoms with Crippen LogP contribution < -0.4 is 11.5 Å². The fourth-order valence-corrected chi connectivity index (χ4v) is 13.9. The van der Waals surface area contributed by atoms with Gasteiger partial charge in [0, 0.05) is 100 Å². The minimum Gasteiger partial charge on any atom is -0.468 e. The third-order valence-electron chi connectivity index (χ3n) is 19.7. The van der Waals surface area contributed by atoms with Gasteiger partial charge in [-0.15, -0.1) is 0 Å². The number of amidine groups is 1. The lowest BCUT2D eigenvalue weighted by Gasteiger charge is -2.37. The second-order valence-electron chi connectivity index (χ2n) is 29.6. The third kappa shape index (κ3) is 23.7. The third-order valence-corrected chi connectivity index (χ3v) is 20.2. The van der Waals surface area contributed by atoms with Crippen molar-refractivity contribution in [1.82, 2.24) is 19.9 Å². The minimum atomic E-state index is -4.77. The van der Waals surface area contributed by atoms with Crippen molar-refractivity contribution in [1.29, 1.82) is 0 Å². The lowest BCUT2D eigenvalue weighted by Crippen LogP contribution is -2.46. The quantitative estimate of drug-likeness (QED) is 0.0432. The van der Waals surface area contributed by atoms with E-state index in [1.165, 1.54) is 113 Å². The van der Waals surface area contributed by atoms with Gasteiger partial charge in [-0.2, -0.15) is 52.7 Å². The van der Waals surface area contributed by atoms with E-state index >= 15 is 4.39 Å². The molecule has 4 N–H and O–H groups in total. The number of aliphatic imine (C=N–C) groups is 4. The molecule has 0 bridgehead atoms. The molecular formula is C86H75BrF16N10O9. The number of ketones is 5. The molecular weight excluding hydrogens is 1700 g/mol. The van der Waals surface area contributed by atoms with E-state index in [2.05, 4.69) is 60.6 Å². The lowest BCUT2D eigenvalue weighted by atomic mass is 9.84. The maximum atomic E-state index is 15.0. The first-order valence-corrected chi connectivity index (χ1v) is 37.9. The van der Waals surface area contributed by atoms with Crippen LogP contribution in [-0.2, 0) is 53.9 Å². The van der Waals surface area contributed by atoms with E-state index in [-0.39, 0.29) is 81.1 Å². The Hall–Kier alpha value is -12.1. The number of aryl methyl sites for hydroxylation is 2. The molecule has 0 spiro atoms. The summed E-state index contributed by atoms with van der Waals surface area (Å²) in [7, 11) is 0. The highest BCUT2D eigenvalue weighted by molar-refractivity contribution is 9.10. The maximum absolute atomic E-state index is 15.0. The van der Waals surface area contributed by atoms with Crippen LogP contribution in [-0.4, -0.2) is 122 Å². The molecule has 13 rings (SSSR count). The summed E-state index contributed by atoms with van der Waals surface area (Å²) in [4.78, 5) is 95.2. The summed E-state index contributed by atoms with van der Waals surface area (Å²) in [6.45, 7) is 8.93. The zero-order chi connectivity index (χ0) is 89.2. The summed E-state index contributed by atoms with van der Waals surface area (Å²) in [5.74, 6) is -6.20. The standard InChI is InChI=1S/C27H23F4N3O3.C20H16BrF4NO2.C20H18F4N2O2.C19H18F4N4O2/c1-16-14-33-21(15-32-16)23(36)11-17-8-9-20(28)19(10-17)26(2)13-24(27(29,30)31)37-25(34-26)12-22(35)18-6-4-3-5-7-18;1-19(14-9-13(21)7-8-15(14)22)11-17(20(23,24)25)28-18(26-19)10-16(27)12-5-3-2-4-6-12;1-19(14-9-13(25)7-8-15(14)21)11-17(20(22,23)24)28-18(26-19)10-16(27)12-5-3-2-4-6-12;1-10-8-26-14(9-25-10)15(28)6-11-3-4-13(20)12(5-11)18(2)7-16(19(21,22)23)29-17(24)27-18/h3-10,14-15,24H,11-13H2,1-2H3;2-9,17H,10-11H2,1H3;2-9,17H,10-11,25H2,1H3;3-5,8-9,16H,6-7H2,1-2H3,(H2,24,27)/t24-,26-;2*17-,19-;16-,18-/m0000/s1. The summed E-state index contributed by atoms with van der Waals surface area (Å²) in [6.07, 6.45) is -26.5. The van der Waals surface area contributed by atoms with Gasteiger partial charge in [0.25, 0.3) is 6.02 Å². The summed E-state index contributed by atoms with van der Waals surface area (Å²) in [6, 6.07) is 38.8. The summed E-state index contributed by atoms with van der Waals surface area (Å²) >= 11 is 3.20. The molecule has 0 aliphatic carbocycles. The van der Waals surface area contributed by atoms with E-state index < -0.39 is 169 Å². The molecule has 9 aromatic rings. The number of hydrogen-bond acceptors (Lipinski definition) is 19. The van der Waals surface area contributed by atoms with Gasteiger partial charge in [-0.3, -0.25) is 33.9 Å². The van der Waals surface area contributed by atoms with E-state index in [4.69, 9.17) is 25.7 Å². The van der Waals surface area contributed by atoms with Crippen molar-refractivity contribution in [3.05, 3.63) is 289 Å². The highest BCUT2D eigenvalue weighted by Crippen LogP contribution is 2.47. The molecule has 0 saturated heterocycles. The van der Waals surface area contributed by atoms with Gasteiger partial charge in [0.1, 0.15) is 34.7 Å². The van der Waals surface area contributed by atoms with Gasteiger partial charge in [0.15, 0.2) is 71.0 Å². The molecule has 0 saturated carbocycles. The van der Waals surface area contributed by atoms with Crippen molar-refractivity contribution in [3.8, 4) is 0 Å². The van der Waals surface area contributed by atoms with Crippen LogP contribution in [0, 0.1) is 37.1 Å². The monoisotopic (exact) mass is 1770 g/mol. The van der Waals surface area contributed by atoms with Crippen LogP contribution in [0.4, 0.5) is 75.9 Å². The first-order valence-electron chi connectivity index (χ1n) is 37.1. The molecule has 4 aliphatic rings. The topological polar surface area (TPSA) is 275 Å². The molecule has 7 aromatic carbocycles. The fourth-order valence-electron chi connectivity index (χ4n) is 13.5. The molecule has 4 aliphatic heterocycles. The number of anilines is 1. The number of nitrogen functional groups attached to an aromatic ring is 1. The Morgan fingerprint density at radius 2 is 0.664 bits per heavy atom. The Bertz CT molecular complexity index is 5310. The zero-order valence-corrected chi connectivity index (χ0v) is 67.0. The van der Waals surface area contributed by atoms with Crippen LogP contribution in [0.5, 0.6) is 0 Å². The molecule has 0 fully saturated rings. The molecule has 6 heterocycles. The fraction of sp³-hybridized carbons (Fsp3) is 0.314. The summed E-state index contributed by atoms with van der Waals surface area (Å²) in [5.41, 5.74) is 7.85. The molecule has 642 valence electrons. The van der Waals surface area contributed by atoms with Crippen molar-refractivity contribution in [2.75, 3.05) is 5.73 Å².